The molecule has 0 unspecified atom stereocenters. The summed E-state index contributed by atoms with van der Waals surface area (Å²) in [5, 5.41) is 3.95. The van der Waals surface area contributed by atoms with Crippen molar-refractivity contribution in [1.29, 1.82) is 0 Å². The lowest BCUT2D eigenvalue weighted by Crippen LogP contribution is -2.46. The van der Waals surface area contributed by atoms with Crippen molar-refractivity contribution in [3.05, 3.63) is 54.6 Å². The number of rotatable bonds is 6. The molecule has 0 amide bonds. The third-order valence-electron chi connectivity index (χ3n) is 3.58. The Bertz CT molecular complexity index is 454. The van der Waals surface area contributed by atoms with E-state index in [1.807, 2.05) is 25.1 Å². The van der Waals surface area contributed by atoms with Crippen molar-refractivity contribution in [2.75, 3.05) is 32.7 Å². The number of piperazine rings is 1. The van der Waals surface area contributed by atoms with Crippen LogP contribution >= 0.6 is 0 Å². The monoisotopic (exact) mass is 273 g/mol. The van der Waals surface area contributed by atoms with Crippen molar-refractivity contribution in [3.63, 3.8) is 0 Å². The fraction of sp³-hybridized carbons (Fsp3) is 0.438. The summed E-state index contributed by atoms with van der Waals surface area (Å²) in [5.74, 6) is 0. The third kappa shape index (κ3) is 4.10. The molecule has 0 saturated carbocycles. The van der Waals surface area contributed by atoms with Crippen LogP contribution in [0.3, 0.4) is 0 Å². The van der Waals surface area contributed by atoms with E-state index in [0.717, 1.165) is 44.8 Å². The minimum atomic E-state index is 0.958. The summed E-state index contributed by atoms with van der Waals surface area (Å²) in [6.07, 6.45) is 10.8. The first-order chi connectivity index (χ1) is 9.83. The normalized spacial score (nSPS) is 17.9. The maximum absolute atomic E-state index is 4.85. The van der Waals surface area contributed by atoms with Gasteiger partial charge in [-0.2, -0.15) is 0 Å². The molecule has 0 radical (unpaired) electrons. The van der Waals surface area contributed by atoms with Gasteiger partial charge in [0.1, 0.15) is 6.26 Å². The summed E-state index contributed by atoms with van der Waals surface area (Å²) in [6.45, 7) is 11.2. The first kappa shape index (κ1) is 14.6. The van der Waals surface area contributed by atoms with Crippen molar-refractivity contribution in [2.24, 2.45) is 0 Å². The zero-order valence-corrected chi connectivity index (χ0v) is 12.2. The van der Waals surface area contributed by atoms with Gasteiger partial charge in [-0.1, -0.05) is 23.9 Å². The van der Waals surface area contributed by atoms with E-state index >= 15 is 0 Å². The van der Waals surface area contributed by atoms with Crippen LogP contribution in [-0.4, -0.2) is 47.7 Å². The SMILES string of the molecule is C=C/C(=C\C=C/C)N1CCN(CCc2ccon2)CC1. The molecule has 1 aliphatic heterocycles. The highest BCUT2D eigenvalue weighted by Gasteiger charge is 2.17. The molecule has 1 fully saturated rings. The molecule has 1 saturated heterocycles. The van der Waals surface area contributed by atoms with Gasteiger partial charge in [0.25, 0.3) is 0 Å². The van der Waals surface area contributed by atoms with Crippen LogP contribution in [-0.2, 0) is 6.42 Å². The van der Waals surface area contributed by atoms with Crippen molar-refractivity contribution in [2.45, 2.75) is 13.3 Å². The minimum absolute atomic E-state index is 0.958. The van der Waals surface area contributed by atoms with Gasteiger partial charge >= 0.3 is 0 Å². The number of allylic oxidation sites excluding steroid dienone is 4. The van der Waals surface area contributed by atoms with Crippen LogP contribution in [0.5, 0.6) is 0 Å². The highest BCUT2D eigenvalue weighted by Crippen LogP contribution is 2.11. The minimum Gasteiger partial charge on any atom is -0.369 e. The van der Waals surface area contributed by atoms with Gasteiger partial charge in [-0.15, -0.1) is 0 Å². The van der Waals surface area contributed by atoms with Crippen LogP contribution in [0.1, 0.15) is 12.6 Å². The molecule has 4 nitrogen and oxygen atoms in total. The Morgan fingerprint density at radius 2 is 2.20 bits per heavy atom. The molecule has 2 heterocycles. The maximum atomic E-state index is 4.85. The fourth-order valence-electron chi connectivity index (χ4n) is 2.37. The molecule has 1 aromatic heterocycles. The molecule has 0 aliphatic carbocycles. The average molecular weight is 273 g/mol. The summed E-state index contributed by atoms with van der Waals surface area (Å²) in [7, 11) is 0. The predicted octanol–water partition coefficient (Wildman–Crippen LogP) is 2.48. The molecule has 2 rings (SSSR count). The predicted molar refractivity (Wildman–Crippen MR) is 81.3 cm³/mol. The highest BCUT2D eigenvalue weighted by molar-refractivity contribution is 5.21. The van der Waals surface area contributed by atoms with Gasteiger partial charge in [-0.05, 0) is 19.1 Å². The van der Waals surface area contributed by atoms with Gasteiger partial charge in [0.05, 0.1) is 5.69 Å². The van der Waals surface area contributed by atoms with Gasteiger partial charge < -0.3 is 9.42 Å². The molecule has 1 aliphatic rings. The third-order valence-corrected chi connectivity index (χ3v) is 3.58. The molecular weight excluding hydrogens is 250 g/mol. The lowest BCUT2D eigenvalue weighted by molar-refractivity contribution is 0.163. The Balaban J connectivity index is 1.78. The van der Waals surface area contributed by atoms with Crippen molar-refractivity contribution >= 4 is 0 Å². The molecule has 1 aromatic rings. The van der Waals surface area contributed by atoms with Gasteiger partial charge in [0, 0.05) is 50.9 Å². The van der Waals surface area contributed by atoms with Crippen molar-refractivity contribution in [1.82, 2.24) is 15.0 Å². The fourth-order valence-corrected chi connectivity index (χ4v) is 2.37. The summed E-state index contributed by atoms with van der Waals surface area (Å²) in [5.41, 5.74) is 2.24. The lowest BCUT2D eigenvalue weighted by atomic mass is 10.2. The maximum Gasteiger partial charge on any atom is 0.124 e. The molecule has 0 bridgehead atoms. The van der Waals surface area contributed by atoms with Crippen LogP contribution < -0.4 is 0 Å². The quantitative estimate of drug-likeness (QED) is 0.745. The molecule has 0 N–H and O–H groups in total. The van der Waals surface area contributed by atoms with E-state index in [-0.39, 0.29) is 0 Å². The van der Waals surface area contributed by atoms with Crippen molar-refractivity contribution < 1.29 is 4.52 Å². The number of hydrogen-bond donors (Lipinski definition) is 0. The van der Waals surface area contributed by atoms with Crippen molar-refractivity contribution in [3.8, 4) is 0 Å². The van der Waals surface area contributed by atoms with Crippen LogP contribution in [0, 0.1) is 0 Å². The Hall–Kier alpha value is -1.81. The first-order valence-corrected chi connectivity index (χ1v) is 7.15. The zero-order chi connectivity index (χ0) is 14.2. The van der Waals surface area contributed by atoms with Gasteiger partial charge in [-0.25, -0.2) is 0 Å². The van der Waals surface area contributed by atoms with Crippen LogP contribution in [0.25, 0.3) is 0 Å². The number of aromatic nitrogens is 1. The first-order valence-electron chi connectivity index (χ1n) is 7.15. The van der Waals surface area contributed by atoms with Crippen LogP contribution in [0.4, 0.5) is 0 Å². The Labute approximate surface area is 121 Å². The molecular formula is C16H23N3O. The lowest BCUT2D eigenvalue weighted by Gasteiger charge is -2.36. The summed E-state index contributed by atoms with van der Waals surface area (Å²) in [4.78, 5) is 4.86. The molecule has 0 atom stereocenters. The second-order valence-corrected chi connectivity index (χ2v) is 4.89. The number of hydrogen-bond acceptors (Lipinski definition) is 4. The smallest absolute Gasteiger partial charge is 0.124 e. The second kappa shape index (κ2) is 7.70. The summed E-state index contributed by atoms with van der Waals surface area (Å²) >= 11 is 0. The van der Waals surface area contributed by atoms with Gasteiger partial charge in [-0.3, -0.25) is 4.90 Å². The van der Waals surface area contributed by atoms with E-state index in [2.05, 4.69) is 33.7 Å². The van der Waals surface area contributed by atoms with E-state index in [4.69, 9.17) is 4.52 Å². The molecule has 4 heteroatoms. The zero-order valence-electron chi connectivity index (χ0n) is 12.2. The second-order valence-electron chi connectivity index (χ2n) is 4.89. The summed E-state index contributed by atoms with van der Waals surface area (Å²) < 4.78 is 4.85. The number of nitrogens with zero attached hydrogens (tertiary/aromatic N) is 3. The largest absolute Gasteiger partial charge is 0.369 e. The topological polar surface area (TPSA) is 32.5 Å². The van der Waals surface area contributed by atoms with E-state index in [9.17, 15) is 0 Å². The molecule has 0 aromatic carbocycles. The summed E-state index contributed by atoms with van der Waals surface area (Å²) in [6, 6.07) is 1.94. The van der Waals surface area contributed by atoms with E-state index in [1.165, 1.54) is 5.70 Å². The van der Waals surface area contributed by atoms with Crippen LogP contribution in [0.2, 0.25) is 0 Å². The highest BCUT2D eigenvalue weighted by atomic mass is 16.5. The Morgan fingerprint density at radius 3 is 2.80 bits per heavy atom. The molecule has 20 heavy (non-hydrogen) atoms. The van der Waals surface area contributed by atoms with E-state index in [0.29, 0.717) is 0 Å². The average Bonchev–Trinajstić information content (AvgIpc) is 3.00. The molecule has 0 spiro atoms. The Morgan fingerprint density at radius 1 is 1.40 bits per heavy atom. The van der Waals surface area contributed by atoms with Gasteiger partial charge in [0.15, 0.2) is 0 Å². The van der Waals surface area contributed by atoms with Crippen LogP contribution in [0.15, 0.2) is 53.4 Å². The van der Waals surface area contributed by atoms with E-state index in [1.54, 1.807) is 6.26 Å². The van der Waals surface area contributed by atoms with E-state index < -0.39 is 0 Å². The Kier molecular flexibility index (Phi) is 5.62. The van der Waals surface area contributed by atoms with Gasteiger partial charge in [0.2, 0.25) is 0 Å². The molecule has 108 valence electrons. The standard InChI is InChI=1S/C16H23N3O/c1-3-5-6-16(4-2)19-12-10-18(11-13-19)9-7-15-8-14-20-17-15/h3-6,8,14H,2,7,9-13H2,1H3/b5-3-,16-6+.